The van der Waals surface area contributed by atoms with Crippen molar-refractivity contribution in [2.75, 3.05) is 0 Å². The first kappa shape index (κ1) is 10.5. The SMILES string of the molecule is CC1CCCC1(O)Cc1ccc(Cl)s1. The molecule has 0 radical (unpaired) electrons. The van der Waals surface area contributed by atoms with E-state index in [1.807, 2.05) is 12.1 Å². The fourth-order valence-electron chi connectivity index (χ4n) is 2.24. The highest BCUT2D eigenvalue weighted by molar-refractivity contribution is 7.16. The van der Waals surface area contributed by atoms with Crippen molar-refractivity contribution in [1.82, 2.24) is 0 Å². The van der Waals surface area contributed by atoms with Crippen LogP contribution in [0.15, 0.2) is 12.1 Å². The van der Waals surface area contributed by atoms with Gasteiger partial charge in [-0.2, -0.15) is 0 Å². The van der Waals surface area contributed by atoms with Crippen LogP contribution in [0.25, 0.3) is 0 Å². The van der Waals surface area contributed by atoms with Gasteiger partial charge >= 0.3 is 0 Å². The minimum Gasteiger partial charge on any atom is -0.389 e. The van der Waals surface area contributed by atoms with E-state index in [-0.39, 0.29) is 0 Å². The second kappa shape index (κ2) is 3.84. The number of halogens is 1. The molecule has 1 aromatic heterocycles. The third-order valence-corrected chi connectivity index (χ3v) is 4.50. The van der Waals surface area contributed by atoms with Crippen LogP contribution in [0.1, 0.15) is 31.1 Å². The Balaban J connectivity index is 2.10. The van der Waals surface area contributed by atoms with E-state index in [2.05, 4.69) is 6.92 Å². The molecule has 3 heteroatoms. The molecule has 1 N–H and O–H groups in total. The van der Waals surface area contributed by atoms with Crippen LogP contribution in [0.2, 0.25) is 4.34 Å². The summed E-state index contributed by atoms with van der Waals surface area (Å²) in [6, 6.07) is 3.93. The van der Waals surface area contributed by atoms with E-state index < -0.39 is 5.60 Å². The minimum atomic E-state index is -0.478. The van der Waals surface area contributed by atoms with Crippen molar-refractivity contribution in [3.05, 3.63) is 21.3 Å². The zero-order valence-electron chi connectivity index (χ0n) is 8.29. The number of hydrogen-bond donors (Lipinski definition) is 1. The molecule has 1 aliphatic rings. The van der Waals surface area contributed by atoms with Gasteiger partial charge in [-0.3, -0.25) is 0 Å². The molecule has 0 aromatic carbocycles. The van der Waals surface area contributed by atoms with Crippen LogP contribution in [-0.2, 0) is 6.42 Å². The van der Waals surface area contributed by atoms with Crippen LogP contribution in [0.3, 0.4) is 0 Å². The lowest BCUT2D eigenvalue weighted by Crippen LogP contribution is -2.33. The highest BCUT2D eigenvalue weighted by Gasteiger charge is 2.38. The normalized spacial score (nSPS) is 32.4. The number of rotatable bonds is 2. The monoisotopic (exact) mass is 230 g/mol. The topological polar surface area (TPSA) is 20.2 Å². The lowest BCUT2D eigenvalue weighted by atomic mass is 9.88. The van der Waals surface area contributed by atoms with Crippen molar-refractivity contribution in [3.63, 3.8) is 0 Å². The van der Waals surface area contributed by atoms with Gasteiger partial charge in [0.05, 0.1) is 9.94 Å². The predicted octanol–water partition coefficient (Wildman–Crippen LogP) is 3.50. The zero-order valence-corrected chi connectivity index (χ0v) is 9.87. The van der Waals surface area contributed by atoms with Crippen molar-refractivity contribution < 1.29 is 5.11 Å². The molecule has 14 heavy (non-hydrogen) atoms. The fourth-order valence-corrected chi connectivity index (χ4v) is 3.45. The average molecular weight is 231 g/mol. The van der Waals surface area contributed by atoms with Crippen LogP contribution in [0.4, 0.5) is 0 Å². The summed E-state index contributed by atoms with van der Waals surface area (Å²) in [5.41, 5.74) is -0.478. The standard InChI is InChI=1S/C11H15ClOS/c1-8-3-2-6-11(8,13)7-9-4-5-10(12)14-9/h4-5,8,13H,2-3,6-7H2,1H3. The van der Waals surface area contributed by atoms with Gasteiger partial charge in [0.15, 0.2) is 0 Å². The molecule has 1 aromatic rings. The Morgan fingerprint density at radius 2 is 2.43 bits per heavy atom. The maximum Gasteiger partial charge on any atom is 0.0931 e. The van der Waals surface area contributed by atoms with Gasteiger partial charge in [0.1, 0.15) is 0 Å². The van der Waals surface area contributed by atoms with Crippen LogP contribution in [0, 0.1) is 5.92 Å². The summed E-state index contributed by atoms with van der Waals surface area (Å²) in [4.78, 5) is 1.20. The first-order chi connectivity index (χ1) is 6.60. The lowest BCUT2D eigenvalue weighted by molar-refractivity contribution is 0.0103. The molecule has 1 saturated carbocycles. The summed E-state index contributed by atoms with van der Waals surface area (Å²) in [7, 11) is 0. The van der Waals surface area contributed by atoms with Gasteiger partial charge in [0, 0.05) is 11.3 Å². The van der Waals surface area contributed by atoms with Gasteiger partial charge in [0.2, 0.25) is 0 Å². The second-order valence-electron chi connectivity index (χ2n) is 4.28. The van der Waals surface area contributed by atoms with E-state index in [9.17, 15) is 5.11 Å². The summed E-state index contributed by atoms with van der Waals surface area (Å²) in [5, 5.41) is 10.4. The van der Waals surface area contributed by atoms with E-state index in [1.165, 1.54) is 4.88 Å². The van der Waals surface area contributed by atoms with Crippen LogP contribution in [0.5, 0.6) is 0 Å². The maximum absolute atomic E-state index is 10.4. The molecule has 0 saturated heterocycles. The van der Waals surface area contributed by atoms with Crippen LogP contribution >= 0.6 is 22.9 Å². The zero-order chi connectivity index (χ0) is 10.2. The summed E-state index contributed by atoms with van der Waals surface area (Å²) in [6.45, 7) is 2.14. The van der Waals surface area contributed by atoms with E-state index >= 15 is 0 Å². The van der Waals surface area contributed by atoms with E-state index in [1.54, 1.807) is 11.3 Å². The summed E-state index contributed by atoms with van der Waals surface area (Å²) in [6.07, 6.45) is 4.00. The minimum absolute atomic E-state index is 0.420. The Morgan fingerprint density at radius 3 is 2.93 bits per heavy atom. The Labute approximate surface area is 93.7 Å². The number of aliphatic hydroxyl groups is 1. The van der Waals surface area contributed by atoms with Gasteiger partial charge in [-0.15, -0.1) is 11.3 Å². The maximum atomic E-state index is 10.4. The molecule has 2 atom stereocenters. The average Bonchev–Trinajstić information content (AvgIpc) is 2.62. The molecule has 0 aliphatic heterocycles. The molecular formula is C11H15ClOS. The lowest BCUT2D eigenvalue weighted by Gasteiger charge is -2.26. The predicted molar refractivity (Wildman–Crippen MR) is 61.0 cm³/mol. The van der Waals surface area contributed by atoms with Gasteiger partial charge in [-0.25, -0.2) is 0 Å². The first-order valence-corrected chi connectivity index (χ1v) is 6.26. The largest absolute Gasteiger partial charge is 0.389 e. The Hall–Kier alpha value is -0.0500. The molecule has 0 amide bonds. The quantitative estimate of drug-likeness (QED) is 0.825. The third-order valence-electron chi connectivity index (χ3n) is 3.27. The second-order valence-corrected chi connectivity index (χ2v) is 6.08. The van der Waals surface area contributed by atoms with Crippen LogP contribution in [-0.4, -0.2) is 10.7 Å². The van der Waals surface area contributed by atoms with Crippen molar-refractivity contribution in [2.45, 2.75) is 38.2 Å². The van der Waals surface area contributed by atoms with Crippen molar-refractivity contribution in [1.29, 1.82) is 0 Å². The smallest absolute Gasteiger partial charge is 0.0931 e. The van der Waals surface area contributed by atoms with Crippen molar-refractivity contribution in [2.24, 2.45) is 5.92 Å². The molecule has 2 rings (SSSR count). The molecule has 1 fully saturated rings. The fraction of sp³-hybridized carbons (Fsp3) is 0.636. The third kappa shape index (κ3) is 1.97. The molecule has 2 unspecified atom stereocenters. The Morgan fingerprint density at radius 1 is 1.64 bits per heavy atom. The summed E-state index contributed by atoms with van der Waals surface area (Å²) >= 11 is 7.45. The number of thiophene rings is 1. The Bertz CT molecular complexity index is 323. The highest BCUT2D eigenvalue weighted by atomic mass is 35.5. The van der Waals surface area contributed by atoms with E-state index in [4.69, 9.17) is 11.6 Å². The molecule has 0 spiro atoms. The van der Waals surface area contributed by atoms with E-state index in [0.29, 0.717) is 5.92 Å². The van der Waals surface area contributed by atoms with Crippen molar-refractivity contribution in [3.8, 4) is 0 Å². The molecule has 78 valence electrons. The van der Waals surface area contributed by atoms with E-state index in [0.717, 1.165) is 30.0 Å². The molecule has 1 heterocycles. The van der Waals surface area contributed by atoms with Crippen LogP contribution < -0.4 is 0 Å². The highest BCUT2D eigenvalue weighted by Crippen LogP contribution is 2.39. The number of hydrogen-bond acceptors (Lipinski definition) is 2. The van der Waals surface area contributed by atoms with Gasteiger partial charge < -0.3 is 5.11 Å². The summed E-state index contributed by atoms with van der Waals surface area (Å²) in [5.74, 6) is 0.420. The van der Waals surface area contributed by atoms with Crippen molar-refractivity contribution >= 4 is 22.9 Å². The van der Waals surface area contributed by atoms with Gasteiger partial charge in [-0.1, -0.05) is 24.9 Å². The molecular weight excluding hydrogens is 216 g/mol. The van der Waals surface area contributed by atoms with Gasteiger partial charge in [-0.05, 0) is 30.9 Å². The summed E-state index contributed by atoms with van der Waals surface area (Å²) < 4.78 is 0.814. The Kier molecular flexibility index (Phi) is 2.87. The first-order valence-electron chi connectivity index (χ1n) is 5.07. The molecule has 1 nitrogen and oxygen atoms in total. The van der Waals surface area contributed by atoms with Gasteiger partial charge in [0.25, 0.3) is 0 Å². The molecule has 0 bridgehead atoms. The molecule has 1 aliphatic carbocycles.